The van der Waals surface area contributed by atoms with Gasteiger partial charge in [0.2, 0.25) is 5.91 Å². The second-order valence-corrected chi connectivity index (χ2v) is 11.0. The molecule has 1 aliphatic rings. The quantitative estimate of drug-likeness (QED) is 0.271. The first-order chi connectivity index (χ1) is 20.4. The molecule has 0 aliphatic carbocycles. The largest absolute Gasteiger partial charge is 0.497 e. The van der Waals surface area contributed by atoms with E-state index in [-0.39, 0.29) is 29.4 Å². The second kappa shape index (κ2) is 11.7. The molecule has 5 aromatic rings. The van der Waals surface area contributed by atoms with Crippen LogP contribution in [-0.2, 0) is 17.9 Å². The number of hydrogen-bond donors (Lipinski definition) is 1. The molecule has 1 fully saturated rings. The standard InChI is InChI=1S/C31H27F2N5O3S/c1-41-24-11-9-20(10-12-24)18-38-27(21-14-22(32)16-23(33)15-21)36-29-26(30(38)40)35-31(42-29)37-13-5-8-25(37)28(39)34-17-19-6-3-2-4-7-19/h2-4,6-7,9-12,14-16,25H,5,8,13,17-18H2,1H3,(H,34,39)/t25-/m1/s1. The molecule has 0 saturated carbocycles. The van der Waals surface area contributed by atoms with Crippen molar-refractivity contribution in [1.82, 2.24) is 19.9 Å². The Kier molecular flexibility index (Phi) is 7.66. The highest BCUT2D eigenvalue weighted by molar-refractivity contribution is 7.21. The minimum Gasteiger partial charge on any atom is -0.497 e. The fourth-order valence-corrected chi connectivity index (χ4v) is 6.16. The van der Waals surface area contributed by atoms with Crippen molar-refractivity contribution in [3.05, 3.63) is 106 Å². The highest BCUT2D eigenvalue weighted by atomic mass is 32.1. The van der Waals surface area contributed by atoms with Crippen LogP contribution in [0.15, 0.2) is 77.6 Å². The first-order valence-corrected chi connectivity index (χ1v) is 14.3. The van der Waals surface area contributed by atoms with Crippen LogP contribution < -0.4 is 20.5 Å². The summed E-state index contributed by atoms with van der Waals surface area (Å²) in [5.74, 6) is -0.889. The van der Waals surface area contributed by atoms with Crippen LogP contribution in [0.1, 0.15) is 24.0 Å². The molecule has 214 valence electrons. The van der Waals surface area contributed by atoms with Crippen molar-refractivity contribution in [2.75, 3.05) is 18.6 Å². The number of carbonyl (C=O) groups is 1. The molecule has 42 heavy (non-hydrogen) atoms. The Balaban J connectivity index is 1.37. The average molecular weight is 588 g/mol. The van der Waals surface area contributed by atoms with E-state index in [9.17, 15) is 18.4 Å². The summed E-state index contributed by atoms with van der Waals surface area (Å²) in [6.45, 7) is 1.11. The summed E-state index contributed by atoms with van der Waals surface area (Å²) >= 11 is 1.19. The first-order valence-electron chi connectivity index (χ1n) is 13.5. The van der Waals surface area contributed by atoms with Crippen molar-refractivity contribution in [2.45, 2.75) is 32.0 Å². The Morgan fingerprint density at radius 1 is 1.02 bits per heavy atom. The second-order valence-electron chi connectivity index (χ2n) is 10.0. The van der Waals surface area contributed by atoms with Gasteiger partial charge in [0.15, 0.2) is 15.5 Å². The van der Waals surface area contributed by atoms with E-state index in [0.717, 1.165) is 35.7 Å². The lowest BCUT2D eigenvalue weighted by Crippen LogP contribution is -2.43. The van der Waals surface area contributed by atoms with Crippen LogP contribution in [0.25, 0.3) is 21.7 Å². The Bertz CT molecular complexity index is 1790. The summed E-state index contributed by atoms with van der Waals surface area (Å²) in [6.07, 6.45) is 1.45. The van der Waals surface area contributed by atoms with Gasteiger partial charge in [0.05, 0.1) is 13.7 Å². The first kappa shape index (κ1) is 27.5. The van der Waals surface area contributed by atoms with Gasteiger partial charge in [0, 0.05) is 24.7 Å². The maximum atomic E-state index is 14.2. The van der Waals surface area contributed by atoms with E-state index in [1.54, 1.807) is 31.4 Å². The maximum Gasteiger partial charge on any atom is 0.281 e. The van der Waals surface area contributed by atoms with Gasteiger partial charge in [0.25, 0.3) is 5.56 Å². The van der Waals surface area contributed by atoms with Gasteiger partial charge in [-0.15, -0.1) is 0 Å². The number of nitrogens with zero attached hydrogens (tertiary/aromatic N) is 4. The van der Waals surface area contributed by atoms with Crippen LogP contribution in [-0.4, -0.2) is 40.1 Å². The van der Waals surface area contributed by atoms with Crippen molar-refractivity contribution in [3.63, 3.8) is 0 Å². The number of methoxy groups -OCH3 is 1. The summed E-state index contributed by atoms with van der Waals surface area (Å²) < 4.78 is 35.1. The minimum absolute atomic E-state index is 0.0975. The zero-order chi connectivity index (χ0) is 29.2. The van der Waals surface area contributed by atoms with E-state index in [0.29, 0.717) is 35.2 Å². The lowest BCUT2D eigenvalue weighted by atomic mass is 10.1. The van der Waals surface area contributed by atoms with Crippen LogP contribution in [0, 0.1) is 11.6 Å². The molecule has 0 bridgehead atoms. The number of anilines is 1. The molecule has 3 aromatic carbocycles. The fraction of sp³-hybridized carbons (Fsp3) is 0.226. The van der Waals surface area contributed by atoms with Gasteiger partial charge >= 0.3 is 0 Å². The number of amides is 1. The van der Waals surface area contributed by atoms with Gasteiger partial charge in [-0.1, -0.05) is 53.8 Å². The maximum absolute atomic E-state index is 14.2. The minimum atomic E-state index is -0.776. The van der Waals surface area contributed by atoms with Crippen LogP contribution in [0.5, 0.6) is 5.75 Å². The number of rotatable bonds is 8. The Labute approximate surface area is 244 Å². The number of thiazole rings is 1. The van der Waals surface area contributed by atoms with Gasteiger partial charge in [-0.25, -0.2) is 18.7 Å². The van der Waals surface area contributed by atoms with Crippen molar-refractivity contribution >= 4 is 32.7 Å². The molecule has 2 aromatic heterocycles. The topological polar surface area (TPSA) is 89.3 Å². The van der Waals surface area contributed by atoms with E-state index in [4.69, 9.17) is 9.72 Å². The normalized spacial score (nSPS) is 14.8. The molecule has 3 heterocycles. The number of hydrogen-bond acceptors (Lipinski definition) is 7. The summed E-state index contributed by atoms with van der Waals surface area (Å²) in [6, 6.07) is 19.5. The van der Waals surface area contributed by atoms with Crippen molar-refractivity contribution in [3.8, 4) is 17.1 Å². The van der Waals surface area contributed by atoms with Crippen LogP contribution in [0.3, 0.4) is 0 Å². The summed E-state index contributed by atoms with van der Waals surface area (Å²) in [4.78, 5) is 38.6. The molecule has 6 rings (SSSR count). The Hall–Kier alpha value is -4.64. The van der Waals surface area contributed by atoms with Crippen molar-refractivity contribution in [1.29, 1.82) is 0 Å². The number of benzene rings is 3. The molecular formula is C31H27F2N5O3S. The van der Waals surface area contributed by atoms with E-state index in [1.165, 1.54) is 15.9 Å². The SMILES string of the molecule is COc1ccc(Cn2c(-c3cc(F)cc(F)c3)nc3sc(N4CCC[C@@H]4C(=O)NCc4ccccc4)nc3c2=O)cc1. The molecule has 0 spiro atoms. The van der Waals surface area contributed by atoms with Gasteiger partial charge in [-0.2, -0.15) is 0 Å². The van der Waals surface area contributed by atoms with Gasteiger partial charge in [0.1, 0.15) is 29.3 Å². The average Bonchev–Trinajstić information content (AvgIpc) is 3.65. The van der Waals surface area contributed by atoms with Crippen molar-refractivity contribution in [2.24, 2.45) is 0 Å². The molecule has 0 unspecified atom stereocenters. The highest BCUT2D eigenvalue weighted by Crippen LogP contribution is 2.33. The van der Waals surface area contributed by atoms with Gasteiger partial charge in [-0.3, -0.25) is 14.2 Å². The molecule has 11 heteroatoms. The van der Waals surface area contributed by atoms with E-state index in [2.05, 4.69) is 10.3 Å². The molecule has 8 nitrogen and oxygen atoms in total. The monoisotopic (exact) mass is 587 g/mol. The molecule has 1 aliphatic heterocycles. The molecule has 1 saturated heterocycles. The summed E-state index contributed by atoms with van der Waals surface area (Å²) in [7, 11) is 1.56. The zero-order valence-electron chi connectivity index (χ0n) is 22.7. The highest BCUT2D eigenvalue weighted by Gasteiger charge is 2.33. The van der Waals surface area contributed by atoms with E-state index >= 15 is 0 Å². The molecule has 0 radical (unpaired) electrons. The van der Waals surface area contributed by atoms with Crippen LogP contribution >= 0.6 is 11.3 Å². The van der Waals surface area contributed by atoms with E-state index < -0.39 is 23.2 Å². The number of aromatic nitrogens is 3. The third-order valence-electron chi connectivity index (χ3n) is 7.24. The number of fused-ring (bicyclic) bond motifs is 1. The lowest BCUT2D eigenvalue weighted by Gasteiger charge is -2.23. The molecule has 1 atom stereocenters. The van der Waals surface area contributed by atoms with Crippen LogP contribution in [0.2, 0.25) is 0 Å². The number of ether oxygens (including phenoxy) is 1. The Morgan fingerprint density at radius 2 is 1.76 bits per heavy atom. The van der Waals surface area contributed by atoms with Gasteiger partial charge < -0.3 is 15.0 Å². The predicted molar refractivity (Wildman–Crippen MR) is 158 cm³/mol. The smallest absolute Gasteiger partial charge is 0.281 e. The Morgan fingerprint density at radius 3 is 2.48 bits per heavy atom. The zero-order valence-corrected chi connectivity index (χ0v) is 23.5. The molecule has 1 amide bonds. The third-order valence-corrected chi connectivity index (χ3v) is 8.23. The van der Waals surface area contributed by atoms with Crippen LogP contribution in [0.4, 0.5) is 13.9 Å². The van der Waals surface area contributed by atoms with Gasteiger partial charge in [-0.05, 0) is 48.2 Å². The lowest BCUT2D eigenvalue weighted by molar-refractivity contribution is -0.122. The number of nitrogens with one attached hydrogen (secondary N) is 1. The predicted octanol–water partition coefficient (Wildman–Crippen LogP) is 5.14. The van der Waals surface area contributed by atoms with E-state index in [1.807, 2.05) is 35.2 Å². The summed E-state index contributed by atoms with van der Waals surface area (Å²) in [5.41, 5.74) is 1.59. The molecular weight excluding hydrogens is 560 g/mol. The number of halogens is 2. The third kappa shape index (κ3) is 5.60. The molecule has 1 N–H and O–H groups in total. The summed E-state index contributed by atoms with van der Waals surface area (Å²) in [5, 5.41) is 3.51. The number of carbonyl (C=O) groups excluding carboxylic acids is 1. The fourth-order valence-electron chi connectivity index (χ4n) is 5.15. The van der Waals surface area contributed by atoms with Crippen molar-refractivity contribution < 1.29 is 18.3 Å².